The Labute approximate surface area is 90.3 Å². The van der Waals surface area contributed by atoms with Gasteiger partial charge in [0, 0.05) is 19.8 Å². The molecular formula is C11H17N3O. The van der Waals surface area contributed by atoms with Crippen LogP contribution in [0.5, 0.6) is 0 Å². The Balaban J connectivity index is 2.67. The number of carbonyl (C=O) groups is 1. The molecular weight excluding hydrogens is 190 g/mol. The predicted molar refractivity (Wildman–Crippen MR) is 60.8 cm³/mol. The van der Waals surface area contributed by atoms with Crippen LogP contribution in [0.2, 0.25) is 0 Å². The average molecular weight is 207 g/mol. The van der Waals surface area contributed by atoms with E-state index in [1.54, 1.807) is 6.20 Å². The van der Waals surface area contributed by atoms with Gasteiger partial charge in [-0.2, -0.15) is 0 Å². The van der Waals surface area contributed by atoms with Gasteiger partial charge in [0.15, 0.2) is 0 Å². The molecule has 1 aromatic heterocycles. The fourth-order valence-corrected chi connectivity index (χ4v) is 1.25. The first-order valence-corrected chi connectivity index (χ1v) is 4.95. The minimum Gasteiger partial charge on any atom is -0.373 e. The SMILES string of the molecule is CNc1cc(CN(C)C(C)C=O)ccn1. The zero-order valence-electron chi connectivity index (χ0n) is 9.40. The van der Waals surface area contributed by atoms with Crippen LogP contribution in [-0.2, 0) is 11.3 Å². The molecule has 0 aliphatic heterocycles. The number of nitrogens with one attached hydrogen (secondary N) is 1. The van der Waals surface area contributed by atoms with Gasteiger partial charge < -0.3 is 10.1 Å². The molecule has 1 aromatic rings. The highest BCUT2D eigenvalue weighted by Crippen LogP contribution is 2.09. The number of hydrogen-bond donors (Lipinski definition) is 1. The van der Waals surface area contributed by atoms with E-state index in [1.807, 2.05) is 38.1 Å². The highest BCUT2D eigenvalue weighted by molar-refractivity contribution is 5.56. The lowest BCUT2D eigenvalue weighted by Crippen LogP contribution is -2.29. The molecule has 1 atom stereocenters. The lowest BCUT2D eigenvalue weighted by atomic mass is 10.2. The van der Waals surface area contributed by atoms with E-state index in [9.17, 15) is 4.79 Å². The van der Waals surface area contributed by atoms with E-state index in [4.69, 9.17) is 0 Å². The summed E-state index contributed by atoms with van der Waals surface area (Å²) in [5.74, 6) is 0.847. The van der Waals surface area contributed by atoms with Crippen molar-refractivity contribution in [2.24, 2.45) is 0 Å². The van der Waals surface area contributed by atoms with Crippen molar-refractivity contribution in [2.45, 2.75) is 19.5 Å². The number of nitrogens with zero attached hydrogens (tertiary/aromatic N) is 2. The largest absolute Gasteiger partial charge is 0.373 e. The highest BCUT2D eigenvalue weighted by atomic mass is 16.1. The summed E-state index contributed by atoms with van der Waals surface area (Å²) in [5.41, 5.74) is 1.14. The van der Waals surface area contributed by atoms with Crippen LogP contribution in [0.4, 0.5) is 5.82 Å². The third-order valence-electron chi connectivity index (χ3n) is 2.40. The van der Waals surface area contributed by atoms with Crippen LogP contribution < -0.4 is 5.32 Å². The van der Waals surface area contributed by atoms with Crippen molar-refractivity contribution in [3.63, 3.8) is 0 Å². The van der Waals surface area contributed by atoms with Gasteiger partial charge in [-0.3, -0.25) is 4.90 Å². The molecule has 0 aliphatic carbocycles. The Kier molecular flexibility index (Phi) is 4.24. The Morgan fingerprint density at radius 2 is 2.40 bits per heavy atom. The number of anilines is 1. The van der Waals surface area contributed by atoms with Gasteiger partial charge in [-0.15, -0.1) is 0 Å². The third-order valence-corrected chi connectivity index (χ3v) is 2.40. The first-order valence-electron chi connectivity index (χ1n) is 4.95. The summed E-state index contributed by atoms with van der Waals surface area (Å²) in [6.07, 6.45) is 2.71. The molecule has 0 fully saturated rings. The average Bonchev–Trinajstić information content (AvgIpc) is 2.28. The van der Waals surface area contributed by atoms with Crippen molar-refractivity contribution in [1.82, 2.24) is 9.88 Å². The maximum Gasteiger partial charge on any atom is 0.136 e. The Morgan fingerprint density at radius 1 is 1.67 bits per heavy atom. The Bertz CT molecular complexity index is 327. The van der Waals surface area contributed by atoms with E-state index in [2.05, 4.69) is 10.3 Å². The van der Waals surface area contributed by atoms with E-state index in [0.717, 1.165) is 24.2 Å². The van der Waals surface area contributed by atoms with Crippen LogP contribution in [-0.4, -0.2) is 36.3 Å². The second-order valence-electron chi connectivity index (χ2n) is 3.59. The molecule has 1 rings (SSSR count). The van der Waals surface area contributed by atoms with E-state index in [0.29, 0.717) is 0 Å². The molecule has 0 amide bonds. The summed E-state index contributed by atoms with van der Waals surface area (Å²) in [6.45, 7) is 2.63. The molecule has 82 valence electrons. The first-order chi connectivity index (χ1) is 7.17. The maximum atomic E-state index is 10.6. The second-order valence-corrected chi connectivity index (χ2v) is 3.59. The summed E-state index contributed by atoms with van der Waals surface area (Å²) >= 11 is 0. The molecule has 4 heteroatoms. The lowest BCUT2D eigenvalue weighted by molar-refractivity contribution is -0.111. The number of carbonyl (C=O) groups excluding carboxylic acids is 1. The first kappa shape index (κ1) is 11.7. The van der Waals surface area contributed by atoms with E-state index in [-0.39, 0.29) is 6.04 Å². The number of rotatable bonds is 5. The molecule has 0 aromatic carbocycles. The third kappa shape index (κ3) is 3.32. The zero-order chi connectivity index (χ0) is 11.3. The van der Waals surface area contributed by atoms with Crippen LogP contribution in [0.25, 0.3) is 0 Å². The van der Waals surface area contributed by atoms with E-state index >= 15 is 0 Å². The monoisotopic (exact) mass is 207 g/mol. The summed E-state index contributed by atoms with van der Waals surface area (Å²) in [6, 6.07) is 3.87. The van der Waals surface area contributed by atoms with Gasteiger partial charge in [-0.25, -0.2) is 4.98 Å². The quantitative estimate of drug-likeness (QED) is 0.735. The van der Waals surface area contributed by atoms with Crippen LogP contribution >= 0.6 is 0 Å². The van der Waals surface area contributed by atoms with Crippen molar-refractivity contribution in [2.75, 3.05) is 19.4 Å². The van der Waals surface area contributed by atoms with E-state index in [1.165, 1.54) is 0 Å². The fourth-order valence-electron chi connectivity index (χ4n) is 1.25. The van der Waals surface area contributed by atoms with Crippen molar-refractivity contribution >= 4 is 12.1 Å². The molecule has 15 heavy (non-hydrogen) atoms. The normalized spacial score (nSPS) is 12.5. The summed E-state index contributed by atoms with van der Waals surface area (Å²) in [5, 5.41) is 2.98. The standard InChI is InChI=1S/C11H17N3O/c1-9(8-15)14(3)7-10-4-5-13-11(6-10)12-2/h4-6,8-9H,7H2,1-3H3,(H,12,13). The Hall–Kier alpha value is -1.42. The minimum absolute atomic E-state index is 0.0591. The van der Waals surface area contributed by atoms with Gasteiger partial charge in [0.05, 0.1) is 6.04 Å². The number of aromatic nitrogens is 1. The lowest BCUT2D eigenvalue weighted by Gasteiger charge is -2.19. The van der Waals surface area contributed by atoms with Crippen LogP contribution in [0.15, 0.2) is 18.3 Å². The highest BCUT2D eigenvalue weighted by Gasteiger charge is 2.08. The minimum atomic E-state index is -0.0591. The summed E-state index contributed by atoms with van der Waals surface area (Å²) < 4.78 is 0. The van der Waals surface area contributed by atoms with Crippen molar-refractivity contribution < 1.29 is 4.79 Å². The maximum absolute atomic E-state index is 10.6. The van der Waals surface area contributed by atoms with Crippen molar-refractivity contribution in [3.05, 3.63) is 23.9 Å². The van der Waals surface area contributed by atoms with Crippen molar-refractivity contribution in [1.29, 1.82) is 0 Å². The van der Waals surface area contributed by atoms with Gasteiger partial charge in [0.1, 0.15) is 12.1 Å². The molecule has 0 bridgehead atoms. The van der Waals surface area contributed by atoms with Gasteiger partial charge in [-0.1, -0.05) is 0 Å². The topological polar surface area (TPSA) is 45.2 Å². The molecule has 4 nitrogen and oxygen atoms in total. The Morgan fingerprint density at radius 3 is 3.00 bits per heavy atom. The number of hydrogen-bond acceptors (Lipinski definition) is 4. The molecule has 0 saturated carbocycles. The van der Waals surface area contributed by atoms with Crippen LogP contribution in [0.1, 0.15) is 12.5 Å². The molecule has 0 radical (unpaired) electrons. The van der Waals surface area contributed by atoms with Gasteiger partial charge in [0.25, 0.3) is 0 Å². The molecule has 0 saturated heterocycles. The zero-order valence-corrected chi connectivity index (χ0v) is 9.40. The smallest absolute Gasteiger partial charge is 0.136 e. The number of likely N-dealkylation sites (N-methyl/N-ethyl adjacent to an activating group) is 1. The molecule has 1 heterocycles. The predicted octanol–water partition coefficient (Wildman–Crippen LogP) is 1.14. The van der Waals surface area contributed by atoms with Gasteiger partial charge in [0.2, 0.25) is 0 Å². The van der Waals surface area contributed by atoms with E-state index < -0.39 is 0 Å². The molecule has 1 N–H and O–H groups in total. The second kappa shape index (κ2) is 5.46. The summed E-state index contributed by atoms with van der Waals surface area (Å²) in [7, 11) is 3.77. The van der Waals surface area contributed by atoms with Crippen LogP contribution in [0, 0.1) is 0 Å². The van der Waals surface area contributed by atoms with Crippen molar-refractivity contribution in [3.8, 4) is 0 Å². The fraction of sp³-hybridized carbons (Fsp3) is 0.455. The molecule has 0 spiro atoms. The molecule has 1 unspecified atom stereocenters. The van der Waals surface area contributed by atoms with Gasteiger partial charge >= 0.3 is 0 Å². The summed E-state index contributed by atoms with van der Waals surface area (Å²) in [4.78, 5) is 16.7. The number of aldehydes is 1. The van der Waals surface area contributed by atoms with Gasteiger partial charge in [-0.05, 0) is 31.7 Å². The van der Waals surface area contributed by atoms with Crippen LogP contribution in [0.3, 0.4) is 0 Å². The number of pyridine rings is 1. The molecule has 0 aliphatic rings.